The summed E-state index contributed by atoms with van der Waals surface area (Å²) < 4.78 is 16.7. The second-order valence-electron chi connectivity index (χ2n) is 9.50. The number of piperidine rings is 1. The Morgan fingerprint density at radius 2 is 1.77 bits per heavy atom. The van der Waals surface area contributed by atoms with Gasteiger partial charge in [-0.15, -0.1) is 0 Å². The van der Waals surface area contributed by atoms with E-state index < -0.39 is 11.7 Å². The molecule has 1 fully saturated rings. The number of nitrogens with one attached hydrogen (secondary N) is 1. The van der Waals surface area contributed by atoms with Crippen LogP contribution in [0.15, 0.2) is 30.3 Å². The van der Waals surface area contributed by atoms with Gasteiger partial charge in [0.25, 0.3) is 0 Å². The Bertz CT molecular complexity index is 679. The number of alkyl carbamates (subject to hydrolysis) is 1. The molecule has 0 saturated carbocycles. The molecule has 1 unspecified atom stereocenters. The lowest BCUT2D eigenvalue weighted by atomic mass is 9.98. The molecule has 0 spiro atoms. The largest absolute Gasteiger partial charge is 0.445 e. The first-order valence-electron chi connectivity index (χ1n) is 11.2. The zero-order valence-electron chi connectivity index (χ0n) is 19.6. The number of amides is 2. The molecule has 1 saturated heterocycles. The molecule has 1 N–H and O–H groups in total. The number of carbonyl (C=O) groups is 2. The van der Waals surface area contributed by atoms with Gasteiger partial charge in [0.1, 0.15) is 12.2 Å². The first kappa shape index (κ1) is 25.0. The van der Waals surface area contributed by atoms with E-state index in [0.29, 0.717) is 32.2 Å². The van der Waals surface area contributed by atoms with Crippen LogP contribution >= 0.6 is 0 Å². The van der Waals surface area contributed by atoms with Crippen LogP contribution in [0.25, 0.3) is 0 Å². The summed E-state index contributed by atoms with van der Waals surface area (Å²) in [6, 6.07) is 9.48. The minimum atomic E-state index is -0.474. The van der Waals surface area contributed by atoms with E-state index in [1.54, 1.807) is 4.90 Å². The molecule has 2 rings (SSSR count). The Kier molecular flexibility index (Phi) is 9.62. The molecule has 1 aromatic carbocycles. The van der Waals surface area contributed by atoms with Gasteiger partial charge < -0.3 is 24.4 Å². The van der Waals surface area contributed by atoms with Gasteiger partial charge in [0.05, 0.1) is 12.6 Å². The predicted octanol–water partition coefficient (Wildman–Crippen LogP) is 4.60. The number of hydrogen-bond donors (Lipinski definition) is 1. The predicted molar refractivity (Wildman–Crippen MR) is 120 cm³/mol. The van der Waals surface area contributed by atoms with Crippen molar-refractivity contribution >= 4 is 12.2 Å². The molecule has 2 amide bonds. The molecule has 31 heavy (non-hydrogen) atoms. The molecule has 1 aromatic rings. The van der Waals surface area contributed by atoms with Crippen molar-refractivity contribution in [3.8, 4) is 0 Å². The van der Waals surface area contributed by atoms with Gasteiger partial charge in [-0.25, -0.2) is 9.59 Å². The second-order valence-corrected chi connectivity index (χ2v) is 9.50. The fourth-order valence-corrected chi connectivity index (χ4v) is 3.29. The Labute approximate surface area is 186 Å². The number of rotatable bonds is 8. The quantitative estimate of drug-likeness (QED) is 0.647. The smallest absolute Gasteiger partial charge is 0.410 e. The van der Waals surface area contributed by atoms with Crippen LogP contribution in [-0.2, 0) is 20.8 Å². The van der Waals surface area contributed by atoms with Crippen LogP contribution in [0.1, 0.15) is 53.0 Å². The highest BCUT2D eigenvalue weighted by Crippen LogP contribution is 2.20. The van der Waals surface area contributed by atoms with Crippen LogP contribution in [0.5, 0.6) is 0 Å². The highest BCUT2D eigenvalue weighted by atomic mass is 16.6. The van der Waals surface area contributed by atoms with Crippen LogP contribution in [0.4, 0.5) is 9.59 Å². The number of nitrogens with zero attached hydrogens (tertiary/aromatic N) is 1. The molecule has 0 radical (unpaired) electrons. The van der Waals surface area contributed by atoms with Crippen molar-refractivity contribution in [3.63, 3.8) is 0 Å². The zero-order valence-corrected chi connectivity index (χ0v) is 19.6. The summed E-state index contributed by atoms with van der Waals surface area (Å²) in [5.41, 5.74) is 0.478. The minimum Gasteiger partial charge on any atom is -0.445 e. The van der Waals surface area contributed by atoms with Gasteiger partial charge >= 0.3 is 12.2 Å². The lowest BCUT2D eigenvalue weighted by Crippen LogP contribution is -2.44. The molecular weight excluding hydrogens is 396 g/mol. The number of likely N-dealkylation sites (tertiary alicyclic amines) is 1. The van der Waals surface area contributed by atoms with Crippen LogP contribution in [0.3, 0.4) is 0 Å². The summed E-state index contributed by atoms with van der Waals surface area (Å²) in [7, 11) is 0. The number of hydrogen-bond acceptors (Lipinski definition) is 5. The highest BCUT2D eigenvalue weighted by molar-refractivity contribution is 5.68. The van der Waals surface area contributed by atoms with Crippen molar-refractivity contribution in [2.75, 3.05) is 26.3 Å². The van der Waals surface area contributed by atoms with Crippen LogP contribution in [0.2, 0.25) is 0 Å². The van der Waals surface area contributed by atoms with E-state index in [-0.39, 0.29) is 24.7 Å². The highest BCUT2D eigenvalue weighted by Gasteiger charge is 2.27. The third-order valence-corrected chi connectivity index (χ3v) is 5.24. The van der Waals surface area contributed by atoms with E-state index >= 15 is 0 Å². The van der Waals surface area contributed by atoms with Gasteiger partial charge in [0, 0.05) is 19.7 Å². The van der Waals surface area contributed by atoms with E-state index in [4.69, 9.17) is 14.2 Å². The van der Waals surface area contributed by atoms with Crippen LogP contribution in [0, 0.1) is 11.8 Å². The molecule has 0 aromatic heterocycles. The molecule has 7 heteroatoms. The third kappa shape index (κ3) is 9.59. The zero-order chi connectivity index (χ0) is 22.9. The summed E-state index contributed by atoms with van der Waals surface area (Å²) in [4.78, 5) is 26.1. The van der Waals surface area contributed by atoms with Gasteiger partial charge in [-0.1, -0.05) is 44.2 Å². The van der Waals surface area contributed by atoms with Crippen molar-refractivity contribution in [2.24, 2.45) is 11.8 Å². The molecule has 0 aliphatic carbocycles. The third-order valence-electron chi connectivity index (χ3n) is 5.24. The maximum absolute atomic E-state index is 12.2. The topological polar surface area (TPSA) is 77.1 Å². The summed E-state index contributed by atoms with van der Waals surface area (Å²) in [6.45, 7) is 12.4. The average Bonchev–Trinajstić information content (AvgIpc) is 2.71. The van der Waals surface area contributed by atoms with Crippen molar-refractivity contribution in [1.82, 2.24) is 10.2 Å². The summed E-state index contributed by atoms with van der Waals surface area (Å²) in [5.74, 6) is 0.620. The number of benzene rings is 1. The molecule has 7 nitrogen and oxygen atoms in total. The van der Waals surface area contributed by atoms with Crippen molar-refractivity contribution < 1.29 is 23.8 Å². The van der Waals surface area contributed by atoms with E-state index in [0.717, 1.165) is 18.4 Å². The number of carbonyl (C=O) groups excluding carboxylic acids is 2. The SMILES string of the molecule is CC(C)C(COCC1CCN(C(=O)OC(C)(C)C)CC1)NC(=O)OCc1ccccc1. The molecule has 1 aliphatic rings. The minimum absolute atomic E-state index is 0.120. The fourth-order valence-electron chi connectivity index (χ4n) is 3.29. The molecule has 0 bridgehead atoms. The van der Waals surface area contributed by atoms with E-state index in [9.17, 15) is 9.59 Å². The standard InChI is InChI=1S/C24H38N2O5/c1-18(2)21(25-22(27)30-16-19-9-7-6-8-10-19)17-29-15-20-11-13-26(14-12-20)23(28)31-24(3,4)5/h6-10,18,20-21H,11-17H2,1-5H3,(H,25,27). The van der Waals surface area contributed by atoms with Gasteiger partial charge in [-0.3, -0.25) is 0 Å². The average molecular weight is 435 g/mol. The van der Waals surface area contributed by atoms with Crippen LogP contribution in [-0.4, -0.2) is 55.0 Å². The first-order valence-corrected chi connectivity index (χ1v) is 11.2. The Morgan fingerprint density at radius 1 is 1.13 bits per heavy atom. The first-order chi connectivity index (χ1) is 14.6. The lowest BCUT2D eigenvalue weighted by molar-refractivity contribution is 0.00942. The molecule has 1 heterocycles. The fraction of sp³-hybridized carbons (Fsp3) is 0.667. The summed E-state index contributed by atoms with van der Waals surface area (Å²) >= 11 is 0. The number of ether oxygens (including phenoxy) is 3. The van der Waals surface area contributed by atoms with Crippen molar-refractivity contribution in [2.45, 2.75) is 65.7 Å². The van der Waals surface area contributed by atoms with Gasteiger partial charge in [0.2, 0.25) is 0 Å². The van der Waals surface area contributed by atoms with E-state index in [1.807, 2.05) is 65.0 Å². The second kappa shape index (κ2) is 11.9. The van der Waals surface area contributed by atoms with Gasteiger partial charge in [0.15, 0.2) is 0 Å². The van der Waals surface area contributed by atoms with Crippen molar-refractivity contribution in [3.05, 3.63) is 35.9 Å². The molecule has 174 valence electrons. The van der Waals surface area contributed by atoms with Crippen LogP contribution < -0.4 is 5.32 Å². The Hall–Kier alpha value is -2.28. The Morgan fingerprint density at radius 3 is 2.35 bits per heavy atom. The van der Waals surface area contributed by atoms with Gasteiger partial charge in [-0.05, 0) is 51.0 Å². The summed E-state index contributed by atoms with van der Waals surface area (Å²) in [5, 5.41) is 2.91. The lowest BCUT2D eigenvalue weighted by Gasteiger charge is -2.33. The maximum Gasteiger partial charge on any atom is 0.410 e. The van der Waals surface area contributed by atoms with Gasteiger partial charge in [-0.2, -0.15) is 0 Å². The molecule has 1 atom stereocenters. The molecule has 1 aliphatic heterocycles. The Balaban J connectivity index is 1.67. The van der Waals surface area contributed by atoms with E-state index in [1.165, 1.54) is 0 Å². The summed E-state index contributed by atoms with van der Waals surface area (Å²) in [6.07, 6.45) is 1.10. The monoisotopic (exact) mass is 434 g/mol. The van der Waals surface area contributed by atoms with Crippen molar-refractivity contribution in [1.29, 1.82) is 0 Å². The normalized spacial score (nSPS) is 16.1. The maximum atomic E-state index is 12.2. The molecular formula is C24H38N2O5. The van der Waals surface area contributed by atoms with E-state index in [2.05, 4.69) is 5.32 Å².